The number of rotatable bonds is 9. The van der Waals surface area contributed by atoms with E-state index in [4.69, 9.17) is 14.2 Å². The zero-order valence-electron chi connectivity index (χ0n) is 18.7. The van der Waals surface area contributed by atoms with E-state index in [-0.39, 0.29) is 36.7 Å². The van der Waals surface area contributed by atoms with Gasteiger partial charge in [-0.1, -0.05) is 46.3 Å². The van der Waals surface area contributed by atoms with Crippen molar-refractivity contribution in [3.63, 3.8) is 0 Å². The number of halogens is 2. The van der Waals surface area contributed by atoms with Gasteiger partial charge in [0.05, 0.1) is 18.6 Å². The van der Waals surface area contributed by atoms with E-state index < -0.39 is 0 Å². The van der Waals surface area contributed by atoms with Gasteiger partial charge >= 0.3 is 0 Å². The molecule has 0 unspecified atom stereocenters. The van der Waals surface area contributed by atoms with E-state index in [1.165, 1.54) is 24.1 Å². The van der Waals surface area contributed by atoms with Crippen molar-refractivity contribution in [2.75, 3.05) is 20.3 Å². The zero-order valence-corrected chi connectivity index (χ0v) is 21.1. The zero-order chi connectivity index (χ0) is 24.8. The number of hydrogen-bond acceptors (Lipinski definition) is 6. The summed E-state index contributed by atoms with van der Waals surface area (Å²) >= 11 is 4.38. The van der Waals surface area contributed by atoms with Gasteiger partial charge < -0.3 is 14.2 Å². The summed E-state index contributed by atoms with van der Waals surface area (Å²) in [6.45, 7) is 0.580. The Morgan fingerprint density at radius 3 is 2.46 bits per heavy atom. The second kappa shape index (κ2) is 11.4. The van der Waals surface area contributed by atoms with Crippen LogP contribution >= 0.6 is 27.7 Å². The van der Waals surface area contributed by atoms with Gasteiger partial charge in [0.25, 0.3) is 11.1 Å². The van der Waals surface area contributed by atoms with Gasteiger partial charge in [-0.25, -0.2) is 4.39 Å². The first kappa shape index (κ1) is 24.8. The number of benzene rings is 3. The number of carbonyl (C=O) groups excluding carboxylic acids is 2. The van der Waals surface area contributed by atoms with Gasteiger partial charge in [-0.3, -0.25) is 14.5 Å². The second-order valence-corrected chi connectivity index (χ2v) is 9.28. The molecule has 0 N–H and O–H groups in total. The largest absolute Gasteiger partial charge is 0.493 e. The molecule has 0 aliphatic carbocycles. The standard InChI is InChI=1S/C26H21BrFNO5S/c1-32-22-13-18(21(27)15-23(22)34-16-17-7-9-19(28)10-8-17)14-24-25(30)29(26(31)35-24)11-12-33-20-5-3-2-4-6-20/h2-10,13-15H,11-12,16H2,1H3/b24-14-. The first-order chi connectivity index (χ1) is 16.9. The molecule has 1 aliphatic heterocycles. The van der Waals surface area contributed by atoms with Gasteiger partial charge in [0.15, 0.2) is 11.5 Å². The Balaban J connectivity index is 1.44. The minimum absolute atomic E-state index is 0.150. The summed E-state index contributed by atoms with van der Waals surface area (Å²) in [5.74, 6) is 0.919. The molecule has 180 valence electrons. The van der Waals surface area contributed by atoms with Crippen molar-refractivity contribution in [3.05, 3.63) is 93.1 Å². The SMILES string of the molecule is COc1cc(/C=C2\SC(=O)N(CCOc3ccccc3)C2=O)c(Br)cc1OCc1ccc(F)cc1. The maximum absolute atomic E-state index is 13.1. The van der Waals surface area contributed by atoms with Crippen LogP contribution < -0.4 is 14.2 Å². The van der Waals surface area contributed by atoms with E-state index in [2.05, 4.69) is 15.9 Å². The lowest BCUT2D eigenvalue weighted by Gasteiger charge is -2.14. The van der Waals surface area contributed by atoms with E-state index in [0.29, 0.717) is 32.2 Å². The van der Waals surface area contributed by atoms with Crippen LogP contribution in [0.3, 0.4) is 0 Å². The predicted molar refractivity (Wildman–Crippen MR) is 136 cm³/mol. The van der Waals surface area contributed by atoms with Crippen LogP contribution in [0, 0.1) is 5.82 Å². The van der Waals surface area contributed by atoms with Crippen LogP contribution in [0.5, 0.6) is 17.2 Å². The molecule has 3 aromatic rings. The average molecular weight is 558 g/mol. The lowest BCUT2D eigenvalue weighted by Crippen LogP contribution is -2.32. The van der Waals surface area contributed by atoms with Crippen molar-refractivity contribution >= 4 is 44.9 Å². The summed E-state index contributed by atoms with van der Waals surface area (Å²) in [5, 5.41) is -0.347. The fraction of sp³-hybridized carbons (Fsp3) is 0.154. The van der Waals surface area contributed by atoms with Crippen molar-refractivity contribution < 1.29 is 28.2 Å². The summed E-state index contributed by atoms with van der Waals surface area (Å²) in [7, 11) is 1.51. The van der Waals surface area contributed by atoms with Gasteiger partial charge in [-0.15, -0.1) is 0 Å². The Bertz CT molecular complexity index is 1250. The lowest BCUT2D eigenvalue weighted by atomic mass is 10.1. The Kier molecular flexibility index (Phi) is 8.09. The van der Waals surface area contributed by atoms with Gasteiger partial charge in [0.2, 0.25) is 0 Å². The molecular weight excluding hydrogens is 537 g/mol. The quantitative estimate of drug-likeness (QED) is 0.288. The van der Waals surface area contributed by atoms with E-state index >= 15 is 0 Å². The molecule has 0 bridgehead atoms. The van der Waals surface area contributed by atoms with Crippen molar-refractivity contribution in [1.82, 2.24) is 4.90 Å². The molecule has 0 spiro atoms. The minimum atomic E-state index is -0.376. The number of nitrogens with zero attached hydrogens (tertiary/aromatic N) is 1. The maximum atomic E-state index is 13.1. The van der Waals surface area contributed by atoms with Crippen LogP contribution in [-0.4, -0.2) is 36.3 Å². The van der Waals surface area contributed by atoms with E-state index in [9.17, 15) is 14.0 Å². The Hall–Kier alpha value is -3.30. The number of para-hydroxylation sites is 1. The molecule has 2 amide bonds. The number of carbonyl (C=O) groups is 2. The van der Waals surface area contributed by atoms with Crippen LogP contribution in [-0.2, 0) is 11.4 Å². The van der Waals surface area contributed by atoms with Crippen LogP contribution in [0.15, 0.2) is 76.1 Å². The summed E-state index contributed by atoms with van der Waals surface area (Å²) in [6.07, 6.45) is 1.64. The van der Waals surface area contributed by atoms with Crippen molar-refractivity contribution in [2.24, 2.45) is 0 Å². The van der Waals surface area contributed by atoms with Gasteiger partial charge in [0.1, 0.15) is 24.8 Å². The van der Waals surface area contributed by atoms with E-state index in [0.717, 1.165) is 17.3 Å². The highest BCUT2D eigenvalue weighted by atomic mass is 79.9. The maximum Gasteiger partial charge on any atom is 0.293 e. The van der Waals surface area contributed by atoms with Crippen molar-refractivity contribution in [2.45, 2.75) is 6.61 Å². The number of thioether (sulfide) groups is 1. The molecule has 1 saturated heterocycles. The van der Waals surface area contributed by atoms with E-state index in [1.807, 2.05) is 30.3 Å². The van der Waals surface area contributed by atoms with Crippen molar-refractivity contribution in [1.29, 1.82) is 0 Å². The highest BCUT2D eigenvalue weighted by Crippen LogP contribution is 2.38. The highest BCUT2D eigenvalue weighted by Gasteiger charge is 2.35. The summed E-state index contributed by atoms with van der Waals surface area (Å²) < 4.78 is 30.7. The molecule has 1 heterocycles. The molecule has 35 heavy (non-hydrogen) atoms. The van der Waals surface area contributed by atoms with Crippen molar-refractivity contribution in [3.8, 4) is 17.2 Å². The van der Waals surface area contributed by atoms with Gasteiger partial charge in [0, 0.05) is 4.47 Å². The monoisotopic (exact) mass is 557 g/mol. The third-order valence-electron chi connectivity index (χ3n) is 5.08. The number of amides is 2. The first-order valence-corrected chi connectivity index (χ1v) is 12.2. The molecule has 0 radical (unpaired) electrons. The van der Waals surface area contributed by atoms with Crippen LogP contribution in [0.25, 0.3) is 6.08 Å². The Labute approximate surface area is 214 Å². The first-order valence-electron chi connectivity index (χ1n) is 10.6. The smallest absolute Gasteiger partial charge is 0.293 e. The van der Waals surface area contributed by atoms with Crippen LogP contribution in [0.4, 0.5) is 9.18 Å². The third-order valence-corrected chi connectivity index (χ3v) is 6.67. The molecule has 0 saturated carbocycles. The fourth-order valence-corrected chi connectivity index (χ4v) is 4.57. The van der Waals surface area contributed by atoms with Gasteiger partial charge in [-0.2, -0.15) is 0 Å². The van der Waals surface area contributed by atoms with Gasteiger partial charge in [-0.05, 0) is 65.4 Å². The number of ether oxygens (including phenoxy) is 3. The molecule has 1 aliphatic rings. The molecule has 1 fully saturated rings. The molecule has 0 aromatic heterocycles. The lowest BCUT2D eigenvalue weighted by molar-refractivity contribution is -0.123. The number of imide groups is 1. The molecule has 9 heteroatoms. The van der Waals surface area contributed by atoms with Crippen LogP contribution in [0.2, 0.25) is 0 Å². The molecule has 4 rings (SSSR count). The molecule has 3 aromatic carbocycles. The van der Waals surface area contributed by atoms with E-state index in [1.54, 1.807) is 30.3 Å². The molecular formula is C26H21BrFNO5S. The second-order valence-electron chi connectivity index (χ2n) is 7.43. The fourth-order valence-electron chi connectivity index (χ4n) is 3.28. The summed E-state index contributed by atoms with van der Waals surface area (Å²) in [6, 6.07) is 18.7. The number of hydrogen-bond donors (Lipinski definition) is 0. The predicted octanol–water partition coefficient (Wildman–Crippen LogP) is 6.29. The average Bonchev–Trinajstić information content (AvgIpc) is 3.13. The normalized spacial score (nSPS) is 14.5. The van der Waals surface area contributed by atoms with Crippen LogP contribution in [0.1, 0.15) is 11.1 Å². The number of methoxy groups -OCH3 is 1. The topological polar surface area (TPSA) is 65.1 Å². The highest BCUT2D eigenvalue weighted by molar-refractivity contribution is 9.10. The summed E-state index contributed by atoms with van der Waals surface area (Å²) in [4.78, 5) is 26.7. The minimum Gasteiger partial charge on any atom is -0.493 e. The molecule has 6 nitrogen and oxygen atoms in total. The Morgan fingerprint density at radius 1 is 1.00 bits per heavy atom. The third kappa shape index (κ3) is 6.23. The molecule has 0 atom stereocenters. The Morgan fingerprint density at radius 2 is 1.74 bits per heavy atom. The summed E-state index contributed by atoms with van der Waals surface area (Å²) in [5.41, 5.74) is 1.46.